The summed E-state index contributed by atoms with van der Waals surface area (Å²) in [4.78, 5) is 25.5. The van der Waals surface area contributed by atoms with Crippen molar-refractivity contribution in [3.05, 3.63) is 35.9 Å². The zero-order chi connectivity index (χ0) is 26.1. The molecule has 4 N–H and O–H groups in total. The van der Waals surface area contributed by atoms with Gasteiger partial charge < -0.3 is 21.1 Å². The van der Waals surface area contributed by atoms with Crippen LogP contribution in [0.4, 0.5) is 0 Å². The monoisotopic (exact) mass is 498 g/mol. The smallest absolute Gasteiger partial charge is 0.243 e. The van der Waals surface area contributed by atoms with Gasteiger partial charge in [0.1, 0.15) is 6.04 Å². The van der Waals surface area contributed by atoms with Crippen LogP contribution in [0.3, 0.4) is 0 Å². The first-order valence-corrected chi connectivity index (χ1v) is 13.4. The average molecular weight is 499 g/mol. The van der Waals surface area contributed by atoms with Crippen molar-refractivity contribution in [1.29, 1.82) is 0 Å². The normalized spacial score (nSPS) is 15.1. The Morgan fingerprint density at radius 1 is 1.06 bits per heavy atom. The summed E-state index contributed by atoms with van der Waals surface area (Å²) in [5, 5.41) is 19.5. The van der Waals surface area contributed by atoms with Gasteiger partial charge in [-0.2, -0.15) is 4.31 Å². The summed E-state index contributed by atoms with van der Waals surface area (Å²) in [6.45, 7) is 9.49. The van der Waals surface area contributed by atoms with Gasteiger partial charge in [0.05, 0.1) is 24.9 Å². The molecule has 10 heteroatoms. The quantitative estimate of drug-likeness (QED) is 0.318. The van der Waals surface area contributed by atoms with Crippen LogP contribution in [0.1, 0.15) is 40.2 Å². The third kappa shape index (κ3) is 10.5. The number of rotatable bonds is 13. The fraction of sp³-hybridized carbons (Fsp3) is 0.667. The van der Waals surface area contributed by atoms with E-state index in [4.69, 9.17) is 0 Å². The maximum absolute atomic E-state index is 13.3. The molecular formula is C24H42N4O5S. The molecule has 0 bridgehead atoms. The molecule has 0 saturated heterocycles. The van der Waals surface area contributed by atoms with Crippen LogP contribution in [0.2, 0.25) is 0 Å². The van der Waals surface area contributed by atoms with E-state index in [1.54, 1.807) is 7.05 Å². The predicted octanol–water partition coefficient (Wildman–Crippen LogP) is 0.743. The zero-order valence-electron chi connectivity index (χ0n) is 21.5. The van der Waals surface area contributed by atoms with Gasteiger partial charge in [-0.1, -0.05) is 65.0 Å². The first-order chi connectivity index (χ1) is 15.6. The lowest BCUT2D eigenvalue weighted by atomic mass is 9.85. The number of aliphatic hydroxyl groups is 1. The largest absolute Gasteiger partial charge is 0.390 e. The van der Waals surface area contributed by atoms with E-state index < -0.39 is 39.5 Å². The van der Waals surface area contributed by atoms with E-state index in [0.29, 0.717) is 6.42 Å². The Bertz CT molecular complexity index is 884. The molecule has 1 aromatic carbocycles. The summed E-state index contributed by atoms with van der Waals surface area (Å²) < 4.78 is 25.8. The second-order valence-electron chi connectivity index (χ2n) is 10.2. The lowest BCUT2D eigenvalue weighted by Crippen LogP contribution is -2.59. The molecule has 3 atom stereocenters. The Labute approximate surface area is 204 Å². The number of hydrogen-bond acceptors (Lipinski definition) is 6. The SMILES string of the molecule is CNCC(=O)N[C@H](C(=O)N[C@@H](Cc1ccccc1)[C@H](O)CN(CC(C)C)S(C)(=O)=O)C(C)(C)C. The van der Waals surface area contributed by atoms with E-state index in [1.165, 1.54) is 4.31 Å². The number of hydrogen-bond donors (Lipinski definition) is 4. The molecular weight excluding hydrogens is 456 g/mol. The number of aliphatic hydroxyl groups excluding tert-OH is 1. The van der Waals surface area contributed by atoms with Crippen LogP contribution in [-0.2, 0) is 26.0 Å². The topological polar surface area (TPSA) is 128 Å². The minimum Gasteiger partial charge on any atom is -0.390 e. The zero-order valence-corrected chi connectivity index (χ0v) is 22.3. The van der Waals surface area contributed by atoms with Crippen LogP contribution >= 0.6 is 0 Å². The second kappa shape index (κ2) is 13.2. The number of nitrogens with zero attached hydrogens (tertiary/aromatic N) is 1. The highest BCUT2D eigenvalue weighted by molar-refractivity contribution is 7.88. The van der Waals surface area contributed by atoms with E-state index in [1.807, 2.05) is 65.0 Å². The average Bonchev–Trinajstić information content (AvgIpc) is 2.70. The number of nitrogens with one attached hydrogen (secondary N) is 3. The third-order valence-corrected chi connectivity index (χ3v) is 6.53. The molecule has 0 aromatic heterocycles. The Morgan fingerprint density at radius 3 is 2.12 bits per heavy atom. The molecule has 1 aromatic rings. The third-order valence-electron chi connectivity index (χ3n) is 5.29. The van der Waals surface area contributed by atoms with Crippen LogP contribution < -0.4 is 16.0 Å². The van der Waals surface area contributed by atoms with E-state index in [-0.39, 0.29) is 31.5 Å². The van der Waals surface area contributed by atoms with E-state index >= 15 is 0 Å². The standard InChI is InChI=1S/C24H42N4O5S/c1-17(2)15-28(34(7,32)33)16-20(29)19(13-18-11-9-8-10-12-18)26-23(31)22(24(3,4)5)27-21(30)14-25-6/h8-12,17,19-20,22,25,29H,13-16H2,1-7H3,(H,26,31)(H,27,30)/t19-,20+,22+/m0/s1. The highest BCUT2D eigenvalue weighted by Gasteiger charge is 2.35. The van der Waals surface area contributed by atoms with Crippen molar-refractivity contribution >= 4 is 21.8 Å². The lowest BCUT2D eigenvalue weighted by Gasteiger charge is -2.34. The van der Waals surface area contributed by atoms with Crippen molar-refractivity contribution in [2.45, 2.75) is 59.2 Å². The van der Waals surface area contributed by atoms with Crippen molar-refractivity contribution in [3.63, 3.8) is 0 Å². The van der Waals surface area contributed by atoms with Crippen LogP contribution in [0, 0.1) is 11.3 Å². The number of carbonyl (C=O) groups is 2. The predicted molar refractivity (Wildman–Crippen MR) is 135 cm³/mol. The molecule has 0 radical (unpaired) electrons. The summed E-state index contributed by atoms with van der Waals surface area (Å²) >= 11 is 0. The van der Waals surface area contributed by atoms with Gasteiger partial charge in [0.15, 0.2) is 0 Å². The van der Waals surface area contributed by atoms with Crippen molar-refractivity contribution in [1.82, 2.24) is 20.3 Å². The summed E-state index contributed by atoms with van der Waals surface area (Å²) in [5.41, 5.74) is 0.291. The maximum Gasteiger partial charge on any atom is 0.243 e. The molecule has 9 nitrogen and oxygen atoms in total. The van der Waals surface area contributed by atoms with Gasteiger partial charge in [0.2, 0.25) is 21.8 Å². The van der Waals surface area contributed by atoms with E-state index in [9.17, 15) is 23.1 Å². The maximum atomic E-state index is 13.3. The fourth-order valence-corrected chi connectivity index (χ4v) is 4.55. The number of sulfonamides is 1. The first-order valence-electron chi connectivity index (χ1n) is 11.6. The Kier molecular flexibility index (Phi) is 11.6. The first kappa shape index (κ1) is 30.0. The van der Waals surface area contributed by atoms with E-state index in [2.05, 4.69) is 16.0 Å². The molecule has 0 heterocycles. The highest BCUT2D eigenvalue weighted by atomic mass is 32.2. The number of amides is 2. The van der Waals surface area contributed by atoms with Gasteiger partial charge >= 0.3 is 0 Å². The van der Waals surface area contributed by atoms with Crippen molar-refractivity contribution in [3.8, 4) is 0 Å². The Morgan fingerprint density at radius 2 is 1.65 bits per heavy atom. The van der Waals surface area contributed by atoms with Gasteiger partial charge in [-0.15, -0.1) is 0 Å². The molecule has 0 fully saturated rings. The number of benzene rings is 1. The second-order valence-corrected chi connectivity index (χ2v) is 12.2. The van der Waals surface area contributed by atoms with Crippen LogP contribution in [-0.4, -0.2) is 80.8 Å². The number of carbonyl (C=O) groups excluding carboxylic acids is 2. The highest BCUT2D eigenvalue weighted by Crippen LogP contribution is 2.20. The van der Waals surface area contributed by atoms with Crippen molar-refractivity contribution < 1.29 is 23.1 Å². The molecule has 0 unspecified atom stereocenters. The van der Waals surface area contributed by atoms with Gasteiger partial charge in [0.25, 0.3) is 0 Å². The molecule has 34 heavy (non-hydrogen) atoms. The Balaban J connectivity index is 3.19. The van der Waals surface area contributed by atoms with Gasteiger partial charge in [0, 0.05) is 13.1 Å². The van der Waals surface area contributed by atoms with Crippen molar-refractivity contribution in [2.24, 2.45) is 11.3 Å². The van der Waals surface area contributed by atoms with E-state index in [0.717, 1.165) is 11.8 Å². The summed E-state index contributed by atoms with van der Waals surface area (Å²) in [5.74, 6) is -0.693. The molecule has 0 aliphatic rings. The van der Waals surface area contributed by atoms with Gasteiger partial charge in [-0.05, 0) is 30.4 Å². The molecule has 2 amide bonds. The Hall–Kier alpha value is -2.01. The molecule has 0 saturated carbocycles. The summed E-state index contributed by atoms with van der Waals surface area (Å²) in [6, 6.07) is 7.73. The molecule has 1 rings (SSSR count). The number of likely N-dealkylation sites (N-methyl/N-ethyl adjacent to an activating group) is 1. The molecule has 0 aliphatic heterocycles. The van der Waals surface area contributed by atoms with Gasteiger partial charge in [-0.3, -0.25) is 9.59 Å². The summed E-state index contributed by atoms with van der Waals surface area (Å²) in [7, 11) is -1.91. The van der Waals surface area contributed by atoms with Crippen molar-refractivity contribution in [2.75, 3.05) is 32.9 Å². The van der Waals surface area contributed by atoms with Crippen LogP contribution in [0.5, 0.6) is 0 Å². The lowest BCUT2D eigenvalue weighted by molar-refractivity contribution is -0.132. The molecule has 0 spiro atoms. The minimum atomic E-state index is -3.56. The summed E-state index contributed by atoms with van der Waals surface area (Å²) in [6.07, 6.45) is 0.250. The molecule has 194 valence electrons. The minimum absolute atomic E-state index is 0.0639. The fourth-order valence-electron chi connectivity index (χ4n) is 3.55. The molecule has 0 aliphatic carbocycles. The van der Waals surface area contributed by atoms with Crippen LogP contribution in [0.25, 0.3) is 0 Å². The van der Waals surface area contributed by atoms with Crippen LogP contribution in [0.15, 0.2) is 30.3 Å². The van der Waals surface area contributed by atoms with Gasteiger partial charge in [-0.25, -0.2) is 8.42 Å².